The maximum atomic E-state index is 5.99. The first-order chi connectivity index (χ1) is 8.61. The monoisotopic (exact) mass is 260 g/mol. The molecule has 0 fully saturated rings. The van der Waals surface area contributed by atoms with E-state index in [0.29, 0.717) is 10.7 Å². The first-order valence-electron chi connectivity index (χ1n) is 6.02. The van der Waals surface area contributed by atoms with Gasteiger partial charge in [-0.05, 0) is 48.7 Å². The minimum Gasteiger partial charge on any atom is -0.396 e. The quantitative estimate of drug-likeness (QED) is 0.796. The van der Waals surface area contributed by atoms with Gasteiger partial charge in [-0.3, -0.25) is 0 Å². The second kappa shape index (κ2) is 5.32. The standard InChI is InChI=1S/C15H17ClN2/c1-3-11-7-8-12(9-10(11)2)18-14-6-4-5-13(16)15(14)17/h4-9,18H,3,17H2,1-2H3. The molecule has 2 rings (SSSR count). The molecule has 0 unspecified atom stereocenters. The molecule has 0 saturated carbocycles. The molecule has 0 aromatic heterocycles. The van der Waals surface area contributed by atoms with E-state index < -0.39 is 0 Å². The van der Waals surface area contributed by atoms with Crippen molar-refractivity contribution >= 4 is 28.7 Å². The van der Waals surface area contributed by atoms with Crippen LogP contribution in [-0.2, 0) is 6.42 Å². The summed E-state index contributed by atoms with van der Waals surface area (Å²) in [4.78, 5) is 0. The van der Waals surface area contributed by atoms with Gasteiger partial charge < -0.3 is 11.1 Å². The van der Waals surface area contributed by atoms with Crippen molar-refractivity contribution in [3.8, 4) is 0 Å². The number of halogens is 1. The van der Waals surface area contributed by atoms with E-state index in [9.17, 15) is 0 Å². The van der Waals surface area contributed by atoms with E-state index in [2.05, 4.69) is 37.4 Å². The van der Waals surface area contributed by atoms with E-state index in [0.717, 1.165) is 17.8 Å². The first kappa shape index (κ1) is 12.8. The van der Waals surface area contributed by atoms with Crippen molar-refractivity contribution in [2.24, 2.45) is 0 Å². The Morgan fingerprint density at radius 1 is 1.22 bits per heavy atom. The first-order valence-corrected chi connectivity index (χ1v) is 6.40. The van der Waals surface area contributed by atoms with Crippen LogP contribution in [-0.4, -0.2) is 0 Å². The number of para-hydroxylation sites is 1. The Balaban J connectivity index is 2.29. The Hall–Kier alpha value is -1.67. The molecule has 0 aliphatic heterocycles. The SMILES string of the molecule is CCc1ccc(Nc2cccc(Cl)c2N)cc1C. The highest BCUT2D eigenvalue weighted by molar-refractivity contribution is 6.33. The van der Waals surface area contributed by atoms with Gasteiger partial charge in [0.15, 0.2) is 0 Å². The van der Waals surface area contributed by atoms with Crippen LogP contribution < -0.4 is 11.1 Å². The summed E-state index contributed by atoms with van der Waals surface area (Å²) in [5, 5.41) is 3.87. The van der Waals surface area contributed by atoms with Crippen LogP contribution in [0.3, 0.4) is 0 Å². The lowest BCUT2D eigenvalue weighted by Gasteiger charge is -2.12. The third-order valence-electron chi connectivity index (χ3n) is 3.06. The van der Waals surface area contributed by atoms with Crippen molar-refractivity contribution in [3.63, 3.8) is 0 Å². The molecule has 0 saturated heterocycles. The van der Waals surface area contributed by atoms with Gasteiger partial charge in [-0.2, -0.15) is 0 Å². The Morgan fingerprint density at radius 3 is 2.67 bits per heavy atom. The minimum absolute atomic E-state index is 0.571. The van der Waals surface area contributed by atoms with Gasteiger partial charge >= 0.3 is 0 Å². The van der Waals surface area contributed by atoms with Gasteiger partial charge in [-0.25, -0.2) is 0 Å². The van der Waals surface area contributed by atoms with Crippen LogP contribution in [0.1, 0.15) is 18.1 Å². The minimum atomic E-state index is 0.571. The molecule has 3 N–H and O–H groups in total. The Labute approximate surface area is 113 Å². The second-order valence-corrected chi connectivity index (χ2v) is 4.73. The number of aryl methyl sites for hydroxylation is 2. The largest absolute Gasteiger partial charge is 0.396 e. The Kier molecular flexibility index (Phi) is 3.78. The van der Waals surface area contributed by atoms with E-state index in [1.165, 1.54) is 11.1 Å². The highest BCUT2D eigenvalue weighted by Gasteiger charge is 2.04. The Bertz CT molecular complexity index is 564. The van der Waals surface area contributed by atoms with Gasteiger partial charge in [-0.1, -0.05) is 30.7 Å². The fraction of sp³-hybridized carbons (Fsp3) is 0.200. The number of nitrogens with two attached hydrogens (primary N) is 1. The fourth-order valence-corrected chi connectivity index (χ4v) is 2.15. The molecular weight excluding hydrogens is 244 g/mol. The molecule has 0 radical (unpaired) electrons. The lowest BCUT2D eigenvalue weighted by molar-refractivity contribution is 1.11. The summed E-state index contributed by atoms with van der Waals surface area (Å²) in [5.74, 6) is 0. The fourth-order valence-electron chi connectivity index (χ4n) is 1.97. The smallest absolute Gasteiger partial charge is 0.0742 e. The number of hydrogen-bond donors (Lipinski definition) is 2. The van der Waals surface area contributed by atoms with Crippen LogP contribution in [0.15, 0.2) is 36.4 Å². The topological polar surface area (TPSA) is 38.0 Å². The molecule has 0 aliphatic rings. The van der Waals surface area contributed by atoms with Crippen molar-refractivity contribution < 1.29 is 0 Å². The summed E-state index contributed by atoms with van der Waals surface area (Å²) >= 11 is 5.99. The van der Waals surface area contributed by atoms with E-state index in [1.54, 1.807) is 6.07 Å². The van der Waals surface area contributed by atoms with Gasteiger partial charge in [0, 0.05) is 5.69 Å². The van der Waals surface area contributed by atoms with Crippen LogP contribution in [0.2, 0.25) is 5.02 Å². The van der Waals surface area contributed by atoms with Gasteiger partial charge in [0.25, 0.3) is 0 Å². The summed E-state index contributed by atoms with van der Waals surface area (Å²) in [5.41, 5.74) is 11.0. The highest BCUT2D eigenvalue weighted by atomic mass is 35.5. The van der Waals surface area contributed by atoms with Gasteiger partial charge in [-0.15, -0.1) is 0 Å². The predicted molar refractivity (Wildman–Crippen MR) is 79.7 cm³/mol. The molecule has 0 atom stereocenters. The van der Waals surface area contributed by atoms with Gasteiger partial charge in [0.05, 0.1) is 16.4 Å². The van der Waals surface area contributed by atoms with Crippen molar-refractivity contribution in [2.45, 2.75) is 20.3 Å². The van der Waals surface area contributed by atoms with Gasteiger partial charge in [0.2, 0.25) is 0 Å². The molecule has 2 aromatic carbocycles. The molecule has 3 heteroatoms. The third kappa shape index (κ3) is 2.59. The van der Waals surface area contributed by atoms with Crippen LogP contribution in [0.5, 0.6) is 0 Å². The van der Waals surface area contributed by atoms with Gasteiger partial charge in [0.1, 0.15) is 0 Å². The number of nitrogens with one attached hydrogen (secondary N) is 1. The maximum absolute atomic E-state index is 5.99. The zero-order chi connectivity index (χ0) is 13.1. The number of benzene rings is 2. The molecule has 2 nitrogen and oxygen atoms in total. The zero-order valence-electron chi connectivity index (χ0n) is 10.6. The number of nitrogen functional groups attached to an aromatic ring is 1. The molecule has 2 aromatic rings. The van der Waals surface area contributed by atoms with Crippen LogP contribution in [0.25, 0.3) is 0 Å². The maximum Gasteiger partial charge on any atom is 0.0742 e. The molecule has 18 heavy (non-hydrogen) atoms. The lowest BCUT2D eigenvalue weighted by Crippen LogP contribution is -1.97. The average Bonchev–Trinajstić information content (AvgIpc) is 2.35. The van der Waals surface area contributed by atoms with E-state index in [-0.39, 0.29) is 0 Å². The highest BCUT2D eigenvalue weighted by Crippen LogP contribution is 2.29. The second-order valence-electron chi connectivity index (χ2n) is 4.32. The molecule has 94 valence electrons. The summed E-state index contributed by atoms with van der Waals surface area (Å²) in [7, 11) is 0. The summed E-state index contributed by atoms with van der Waals surface area (Å²) < 4.78 is 0. The van der Waals surface area contributed by atoms with E-state index in [1.807, 2.05) is 12.1 Å². The van der Waals surface area contributed by atoms with Crippen molar-refractivity contribution in [3.05, 3.63) is 52.5 Å². The van der Waals surface area contributed by atoms with E-state index >= 15 is 0 Å². The number of anilines is 3. The average molecular weight is 261 g/mol. The predicted octanol–water partition coefficient (Wildman–Crippen LogP) is 4.54. The molecular formula is C15H17ClN2. The van der Waals surface area contributed by atoms with Crippen molar-refractivity contribution in [2.75, 3.05) is 11.1 Å². The molecule has 0 bridgehead atoms. The van der Waals surface area contributed by atoms with E-state index in [4.69, 9.17) is 17.3 Å². The molecule has 0 amide bonds. The molecule has 0 spiro atoms. The number of hydrogen-bond acceptors (Lipinski definition) is 2. The van der Waals surface area contributed by atoms with Crippen LogP contribution in [0, 0.1) is 6.92 Å². The van der Waals surface area contributed by atoms with Crippen molar-refractivity contribution in [1.29, 1.82) is 0 Å². The van der Waals surface area contributed by atoms with Crippen LogP contribution in [0.4, 0.5) is 17.1 Å². The summed E-state index contributed by atoms with van der Waals surface area (Å²) in [6.45, 7) is 4.27. The van der Waals surface area contributed by atoms with Crippen LogP contribution >= 0.6 is 11.6 Å². The normalized spacial score (nSPS) is 10.4. The Morgan fingerprint density at radius 2 is 2.00 bits per heavy atom. The molecule has 0 aliphatic carbocycles. The van der Waals surface area contributed by atoms with Crippen molar-refractivity contribution in [1.82, 2.24) is 0 Å². The number of rotatable bonds is 3. The third-order valence-corrected chi connectivity index (χ3v) is 3.39. The lowest BCUT2D eigenvalue weighted by atomic mass is 10.1. The summed E-state index contributed by atoms with van der Waals surface area (Å²) in [6.07, 6.45) is 1.05. The zero-order valence-corrected chi connectivity index (χ0v) is 11.4. The molecule has 0 heterocycles. The summed E-state index contributed by atoms with van der Waals surface area (Å²) in [6, 6.07) is 11.9.